The van der Waals surface area contributed by atoms with Gasteiger partial charge in [0.25, 0.3) is 0 Å². The van der Waals surface area contributed by atoms with Gasteiger partial charge in [-0.1, -0.05) is 0 Å². The van der Waals surface area contributed by atoms with E-state index in [0.29, 0.717) is 5.69 Å². The van der Waals surface area contributed by atoms with Crippen LogP contribution in [0, 0.1) is 0 Å². The van der Waals surface area contributed by atoms with Crippen LogP contribution in [0.15, 0.2) is 6.20 Å². The van der Waals surface area contributed by atoms with Gasteiger partial charge >= 0.3 is 0 Å². The summed E-state index contributed by atoms with van der Waals surface area (Å²) in [7, 11) is 0. The molecule has 0 unspecified atom stereocenters. The first-order valence-electron chi connectivity index (χ1n) is 3.25. The van der Waals surface area contributed by atoms with E-state index in [2.05, 4.69) is 9.97 Å². The largest absolute Gasteiger partial charge is 0.474 e. The van der Waals surface area contributed by atoms with E-state index in [9.17, 15) is 0 Å². The van der Waals surface area contributed by atoms with Crippen molar-refractivity contribution in [2.75, 3.05) is 18.9 Å². The van der Waals surface area contributed by atoms with Crippen LogP contribution in [-0.4, -0.2) is 28.3 Å². The zero-order valence-corrected chi connectivity index (χ0v) is 6.95. The van der Waals surface area contributed by atoms with E-state index in [4.69, 9.17) is 27.2 Å². The van der Waals surface area contributed by atoms with Crippen molar-refractivity contribution >= 4 is 17.3 Å². The fourth-order valence-corrected chi connectivity index (χ4v) is 0.739. The molecule has 3 N–H and O–H groups in total. The van der Waals surface area contributed by atoms with Crippen LogP contribution < -0.4 is 10.5 Å². The van der Waals surface area contributed by atoms with Gasteiger partial charge in [0.1, 0.15) is 12.3 Å². The molecule has 1 aromatic heterocycles. The molecule has 12 heavy (non-hydrogen) atoms. The van der Waals surface area contributed by atoms with Crippen molar-refractivity contribution in [2.45, 2.75) is 0 Å². The summed E-state index contributed by atoms with van der Waals surface area (Å²) >= 11 is 5.48. The number of hydrogen-bond donors (Lipinski definition) is 2. The van der Waals surface area contributed by atoms with E-state index in [0.717, 1.165) is 0 Å². The van der Waals surface area contributed by atoms with Gasteiger partial charge in [0.15, 0.2) is 0 Å². The maximum atomic E-state index is 8.45. The van der Waals surface area contributed by atoms with Crippen molar-refractivity contribution in [3.8, 4) is 5.88 Å². The Labute approximate surface area is 74.2 Å². The Hall–Kier alpha value is -1.07. The lowest BCUT2D eigenvalue weighted by atomic mass is 10.5. The number of aliphatic hydroxyl groups excluding tert-OH is 1. The number of aliphatic hydroxyl groups is 1. The Morgan fingerprint density at radius 3 is 3.08 bits per heavy atom. The first-order chi connectivity index (χ1) is 5.74. The second-order valence-electron chi connectivity index (χ2n) is 1.97. The summed E-state index contributed by atoms with van der Waals surface area (Å²) in [6.07, 6.45) is 1.35. The third-order valence-electron chi connectivity index (χ3n) is 1.08. The van der Waals surface area contributed by atoms with E-state index < -0.39 is 0 Å². The minimum atomic E-state index is -0.0962. The van der Waals surface area contributed by atoms with Crippen LogP contribution in [0.5, 0.6) is 5.88 Å². The molecule has 0 saturated heterocycles. The summed E-state index contributed by atoms with van der Waals surface area (Å²) in [5.74, 6) is 0.198. The van der Waals surface area contributed by atoms with Gasteiger partial charge in [-0.15, -0.1) is 0 Å². The lowest BCUT2D eigenvalue weighted by Crippen LogP contribution is -2.06. The summed E-state index contributed by atoms with van der Waals surface area (Å²) < 4.78 is 4.96. The second kappa shape index (κ2) is 4.08. The fourth-order valence-electron chi connectivity index (χ4n) is 0.613. The smallest absolute Gasteiger partial charge is 0.241 e. The molecule has 0 saturated carbocycles. The fraction of sp³-hybridized carbons (Fsp3) is 0.333. The molecule has 0 fully saturated rings. The number of rotatable bonds is 3. The third kappa shape index (κ3) is 2.21. The topological polar surface area (TPSA) is 81.3 Å². The molecule has 0 spiro atoms. The Kier molecular flexibility index (Phi) is 3.07. The third-order valence-corrected chi connectivity index (χ3v) is 1.26. The van der Waals surface area contributed by atoms with E-state index in [1.165, 1.54) is 6.20 Å². The average Bonchev–Trinajstić information content (AvgIpc) is 2.07. The highest BCUT2D eigenvalue weighted by atomic mass is 35.5. The van der Waals surface area contributed by atoms with Crippen molar-refractivity contribution in [3.63, 3.8) is 0 Å². The highest BCUT2D eigenvalue weighted by Gasteiger charge is 2.02. The average molecular weight is 190 g/mol. The van der Waals surface area contributed by atoms with Crippen molar-refractivity contribution in [1.29, 1.82) is 0 Å². The lowest BCUT2D eigenvalue weighted by molar-refractivity contribution is 0.197. The number of anilines is 1. The highest BCUT2D eigenvalue weighted by molar-refractivity contribution is 6.28. The molecular formula is C6H8ClN3O2. The van der Waals surface area contributed by atoms with E-state index >= 15 is 0 Å². The number of halogens is 1. The zero-order valence-electron chi connectivity index (χ0n) is 6.20. The second-order valence-corrected chi connectivity index (χ2v) is 2.31. The first-order valence-corrected chi connectivity index (χ1v) is 3.63. The number of aromatic nitrogens is 2. The molecule has 6 heteroatoms. The normalized spacial score (nSPS) is 9.83. The van der Waals surface area contributed by atoms with E-state index in [-0.39, 0.29) is 24.4 Å². The van der Waals surface area contributed by atoms with Gasteiger partial charge in [-0.25, -0.2) is 4.98 Å². The molecule has 0 bridgehead atoms. The maximum absolute atomic E-state index is 8.45. The minimum Gasteiger partial charge on any atom is -0.474 e. The van der Waals surface area contributed by atoms with Crippen molar-refractivity contribution < 1.29 is 9.84 Å². The predicted molar refractivity (Wildman–Crippen MR) is 44.0 cm³/mol. The first kappa shape index (κ1) is 9.02. The van der Waals surface area contributed by atoms with Crippen LogP contribution in [0.25, 0.3) is 0 Å². The number of nitrogen functional groups attached to an aromatic ring is 1. The quantitative estimate of drug-likeness (QED) is 0.659. The molecule has 0 radical (unpaired) electrons. The van der Waals surface area contributed by atoms with E-state index in [1.54, 1.807) is 0 Å². The molecule has 0 aliphatic rings. The molecule has 5 nitrogen and oxygen atoms in total. The van der Waals surface area contributed by atoms with Crippen LogP contribution in [0.4, 0.5) is 5.69 Å². The Balaban J connectivity index is 2.75. The SMILES string of the molecule is Nc1cnc(Cl)nc1OCCO. The number of nitrogens with zero attached hydrogens (tertiary/aromatic N) is 2. The van der Waals surface area contributed by atoms with Crippen LogP contribution in [0.1, 0.15) is 0 Å². The monoisotopic (exact) mass is 189 g/mol. The van der Waals surface area contributed by atoms with Crippen molar-refractivity contribution in [3.05, 3.63) is 11.5 Å². The van der Waals surface area contributed by atoms with Gasteiger partial charge in [0.05, 0.1) is 12.8 Å². The number of hydrogen-bond acceptors (Lipinski definition) is 5. The molecule has 1 heterocycles. The molecule has 0 amide bonds. The molecule has 66 valence electrons. The highest BCUT2D eigenvalue weighted by Crippen LogP contribution is 2.17. The van der Waals surface area contributed by atoms with E-state index in [1.807, 2.05) is 0 Å². The standard InChI is InChI=1S/C6H8ClN3O2/c7-6-9-3-4(8)5(10-6)12-2-1-11/h3,11H,1-2,8H2. The molecule has 0 atom stereocenters. The summed E-state index contributed by atoms with van der Waals surface area (Å²) in [5, 5.41) is 8.51. The van der Waals surface area contributed by atoms with Crippen LogP contribution >= 0.6 is 11.6 Å². The summed E-state index contributed by atoms with van der Waals surface area (Å²) in [6.45, 7) is 0.0403. The van der Waals surface area contributed by atoms with Gasteiger partial charge in [0.2, 0.25) is 11.2 Å². The zero-order chi connectivity index (χ0) is 8.97. The van der Waals surface area contributed by atoms with Crippen molar-refractivity contribution in [1.82, 2.24) is 9.97 Å². The minimum absolute atomic E-state index is 0.0668. The van der Waals surface area contributed by atoms with Crippen LogP contribution in [0.2, 0.25) is 5.28 Å². The van der Waals surface area contributed by atoms with Crippen LogP contribution in [-0.2, 0) is 0 Å². The van der Waals surface area contributed by atoms with Gasteiger partial charge in [-0.05, 0) is 11.6 Å². The number of nitrogens with two attached hydrogens (primary N) is 1. The van der Waals surface area contributed by atoms with Gasteiger partial charge in [-0.2, -0.15) is 4.98 Å². The summed E-state index contributed by atoms with van der Waals surface area (Å²) in [6, 6.07) is 0. The number of ether oxygens (including phenoxy) is 1. The van der Waals surface area contributed by atoms with Gasteiger partial charge in [0, 0.05) is 0 Å². The predicted octanol–water partition coefficient (Wildman–Crippen LogP) is 0.0833. The van der Waals surface area contributed by atoms with Gasteiger partial charge < -0.3 is 15.6 Å². The molecule has 0 aromatic carbocycles. The lowest BCUT2D eigenvalue weighted by Gasteiger charge is -2.04. The van der Waals surface area contributed by atoms with Gasteiger partial charge in [-0.3, -0.25) is 0 Å². The van der Waals surface area contributed by atoms with Crippen LogP contribution in [0.3, 0.4) is 0 Å². The summed E-state index contributed by atoms with van der Waals surface area (Å²) in [5.41, 5.74) is 5.74. The molecule has 1 rings (SSSR count). The molecular weight excluding hydrogens is 182 g/mol. The molecule has 1 aromatic rings. The molecule has 0 aliphatic heterocycles. The molecule has 0 aliphatic carbocycles. The summed E-state index contributed by atoms with van der Waals surface area (Å²) in [4.78, 5) is 7.34. The Morgan fingerprint density at radius 2 is 2.42 bits per heavy atom. The maximum Gasteiger partial charge on any atom is 0.241 e. The van der Waals surface area contributed by atoms with Crippen molar-refractivity contribution in [2.24, 2.45) is 0 Å². The Morgan fingerprint density at radius 1 is 1.67 bits per heavy atom. The Bertz CT molecular complexity index is 269.